The third-order valence-electron chi connectivity index (χ3n) is 6.64. The lowest BCUT2D eigenvalue weighted by atomic mass is 9.96. The summed E-state index contributed by atoms with van der Waals surface area (Å²) in [6.07, 6.45) is -12.3. The van der Waals surface area contributed by atoms with Crippen LogP contribution in [-0.4, -0.2) is 147 Å². The van der Waals surface area contributed by atoms with Crippen molar-refractivity contribution in [3.8, 4) is 0 Å². The minimum atomic E-state index is -5.42. The summed E-state index contributed by atoms with van der Waals surface area (Å²) in [6.45, 7) is -6.17. The molecule has 0 spiro atoms. The first-order chi connectivity index (χ1) is 19.6. The fourth-order valence-corrected chi connectivity index (χ4v) is 7.72. The molecule has 0 aliphatic carbocycles. The topological polar surface area (TPSA) is 297 Å². The lowest BCUT2D eigenvalue weighted by molar-refractivity contribution is -0.292. The highest BCUT2D eigenvalue weighted by Crippen LogP contribution is 2.62. The Labute approximate surface area is 242 Å². The summed E-state index contributed by atoms with van der Waals surface area (Å²) in [7, 11) is -2.05. The molecule has 2 aromatic rings. The fraction of sp³-hybridized carbons (Fsp3) is 0.737. The number of nitrogen functional groups attached to an aromatic ring is 1. The zero-order valence-electron chi connectivity index (χ0n) is 22.0. The van der Waals surface area contributed by atoms with Gasteiger partial charge in [-0.15, -0.1) is 0 Å². The summed E-state index contributed by atoms with van der Waals surface area (Å²) in [4.78, 5) is 30.3. The number of fused-ring (bicyclic) bond motifs is 1. The van der Waals surface area contributed by atoms with E-state index >= 15 is 0 Å². The minimum absolute atomic E-state index is 0.0665. The molecule has 0 bridgehead atoms. The van der Waals surface area contributed by atoms with Gasteiger partial charge in [-0.1, -0.05) is 0 Å². The molecule has 0 radical (unpaired) electrons. The molecule has 0 aromatic carbocycles. The number of phosphoric acid groups is 1. The van der Waals surface area contributed by atoms with Crippen molar-refractivity contribution in [2.45, 2.75) is 61.2 Å². The SMILES string of the molecule is CN(C)[C@@H]1[C@H](O)[C@@H](COP(O)(=S)OP(=O)(O)OC2OC([C@@H](O)CO)C(O)C(O)C2O)O[C@H]1c1cnn2c(N)ncnc12. The molecule has 7 unspecified atom stereocenters. The first-order valence-corrected chi connectivity index (χ1v) is 16.3. The number of rotatable bonds is 11. The maximum absolute atomic E-state index is 12.6. The predicted octanol–water partition coefficient (Wildman–Crippen LogP) is -4.03. The molecule has 2 aliphatic rings. The van der Waals surface area contributed by atoms with E-state index in [0.29, 0.717) is 11.2 Å². The first kappa shape index (κ1) is 33.6. The van der Waals surface area contributed by atoms with Crippen molar-refractivity contribution in [2.24, 2.45) is 0 Å². The molecule has 4 rings (SSSR count). The van der Waals surface area contributed by atoms with Crippen LogP contribution in [0.3, 0.4) is 0 Å². The summed E-state index contributed by atoms with van der Waals surface area (Å²) in [5.74, 6) is 0.0665. The lowest BCUT2D eigenvalue weighted by Crippen LogP contribution is -2.61. The Kier molecular flexibility index (Phi) is 10.4. The molecule has 238 valence electrons. The standard InChI is InChI=1S/C19H32N6O14P2S/c1-24(2)10-11(28)9(36-15(10)7-3-23-25-17(7)21-6-22-19(25)20)5-35-41(34,42)39-40(32,33)38-18-14(31)12(29)13(30)16(37-18)8(27)4-26/h3,6,8-16,18,26-31H,4-5H2,1-2H3,(H,32,33)(H,34,42)(H2,20,21,22)/t8-,9+,10+,11+,12?,13?,14?,15-,16?,18?,41?/m0/s1. The van der Waals surface area contributed by atoms with Gasteiger partial charge in [-0.25, -0.2) is 18.8 Å². The number of ether oxygens (including phenoxy) is 2. The van der Waals surface area contributed by atoms with Crippen molar-refractivity contribution >= 4 is 37.9 Å². The average Bonchev–Trinajstić information content (AvgIpc) is 3.48. The summed E-state index contributed by atoms with van der Waals surface area (Å²) in [6, 6.07) is -0.679. The van der Waals surface area contributed by atoms with Crippen molar-refractivity contribution in [1.29, 1.82) is 0 Å². The Morgan fingerprint density at radius 2 is 1.83 bits per heavy atom. The zero-order chi connectivity index (χ0) is 31.1. The van der Waals surface area contributed by atoms with Crippen molar-refractivity contribution in [1.82, 2.24) is 24.5 Å². The van der Waals surface area contributed by atoms with Gasteiger partial charge >= 0.3 is 14.5 Å². The Balaban J connectivity index is 1.42. The number of nitrogens with two attached hydrogens (primary N) is 1. The summed E-state index contributed by atoms with van der Waals surface area (Å²) in [5.41, 5.74) is 6.61. The third kappa shape index (κ3) is 6.98. The molecule has 42 heavy (non-hydrogen) atoms. The monoisotopic (exact) mass is 662 g/mol. The molecule has 0 amide bonds. The Morgan fingerprint density at radius 3 is 2.48 bits per heavy atom. The quantitative estimate of drug-likeness (QED) is 0.103. The molecule has 20 nitrogen and oxygen atoms in total. The van der Waals surface area contributed by atoms with Gasteiger partial charge in [0.2, 0.25) is 5.95 Å². The predicted molar refractivity (Wildman–Crippen MR) is 141 cm³/mol. The van der Waals surface area contributed by atoms with Crippen LogP contribution in [0.15, 0.2) is 12.5 Å². The van der Waals surface area contributed by atoms with Gasteiger partial charge in [-0.05, 0) is 25.9 Å². The number of nitrogens with zero attached hydrogens (tertiary/aromatic N) is 5. The van der Waals surface area contributed by atoms with Gasteiger partial charge in [-0.3, -0.25) is 4.52 Å². The fourth-order valence-electron chi connectivity index (χ4n) is 4.62. The van der Waals surface area contributed by atoms with E-state index in [0.717, 1.165) is 0 Å². The summed E-state index contributed by atoms with van der Waals surface area (Å²) >= 11 is 4.81. The van der Waals surface area contributed by atoms with Gasteiger partial charge in [0.05, 0.1) is 25.5 Å². The number of aliphatic hydroxyl groups excluding tert-OH is 6. The summed E-state index contributed by atoms with van der Waals surface area (Å²) in [5, 5.41) is 64.1. The van der Waals surface area contributed by atoms with Crippen LogP contribution < -0.4 is 5.73 Å². The number of phosphoric ester groups is 1. The number of aromatic nitrogens is 4. The van der Waals surface area contributed by atoms with E-state index < -0.39 is 88.9 Å². The highest BCUT2D eigenvalue weighted by molar-refractivity contribution is 8.08. The number of hydrogen-bond donors (Lipinski definition) is 9. The van der Waals surface area contributed by atoms with E-state index in [1.54, 1.807) is 19.0 Å². The number of hydrogen-bond acceptors (Lipinski definition) is 18. The van der Waals surface area contributed by atoms with Crippen LogP contribution in [0.25, 0.3) is 5.65 Å². The van der Waals surface area contributed by atoms with Crippen LogP contribution in [0.1, 0.15) is 11.7 Å². The van der Waals surface area contributed by atoms with Crippen molar-refractivity contribution in [3.05, 3.63) is 18.1 Å². The van der Waals surface area contributed by atoms with E-state index in [2.05, 4.69) is 23.9 Å². The second-order valence-electron chi connectivity index (χ2n) is 9.72. The van der Waals surface area contributed by atoms with E-state index in [9.17, 15) is 39.9 Å². The molecule has 0 saturated carbocycles. The Hall–Kier alpha value is -1.33. The van der Waals surface area contributed by atoms with Gasteiger partial charge in [0.1, 0.15) is 55.2 Å². The highest BCUT2D eigenvalue weighted by atomic mass is 32.5. The van der Waals surface area contributed by atoms with Crippen molar-refractivity contribution in [2.75, 3.05) is 33.0 Å². The van der Waals surface area contributed by atoms with Gasteiger partial charge in [0.25, 0.3) is 0 Å². The average molecular weight is 663 g/mol. The van der Waals surface area contributed by atoms with Crippen molar-refractivity contribution < 1.29 is 67.8 Å². The lowest BCUT2D eigenvalue weighted by Gasteiger charge is -2.41. The normalized spacial score (nSPS) is 35.7. The number of anilines is 1. The van der Waals surface area contributed by atoms with E-state index in [1.165, 1.54) is 17.0 Å². The maximum Gasteiger partial charge on any atom is 0.481 e. The molecule has 2 aromatic heterocycles. The molecule has 2 aliphatic heterocycles. The Morgan fingerprint density at radius 1 is 1.14 bits per heavy atom. The molecule has 10 N–H and O–H groups in total. The van der Waals surface area contributed by atoms with Gasteiger partial charge in [-0.2, -0.15) is 9.61 Å². The zero-order valence-corrected chi connectivity index (χ0v) is 24.6. The molecule has 2 saturated heterocycles. The molecule has 12 atom stereocenters. The molecule has 23 heteroatoms. The maximum atomic E-state index is 12.6. The van der Waals surface area contributed by atoms with Crippen LogP contribution in [0.2, 0.25) is 0 Å². The van der Waals surface area contributed by atoms with E-state index in [-0.39, 0.29) is 5.95 Å². The highest BCUT2D eigenvalue weighted by Gasteiger charge is 2.51. The van der Waals surface area contributed by atoms with Gasteiger partial charge in [0, 0.05) is 5.56 Å². The molecular weight excluding hydrogens is 630 g/mol. The van der Waals surface area contributed by atoms with Crippen molar-refractivity contribution in [3.63, 3.8) is 0 Å². The van der Waals surface area contributed by atoms with Crippen LogP contribution in [0.4, 0.5) is 5.95 Å². The van der Waals surface area contributed by atoms with Gasteiger partial charge in [0.15, 0.2) is 11.9 Å². The smallest absolute Gasteiger partial charge is 0.394 e. The van der Waals surface area contributed by atoms with Crippen LogP contribution >= 0.6 is 14.5 Å². The van der Waals surface area contributed by atoms with Crippen LogP contribution in [-0.2, 0) is 39.2 Å². The third-order valence-corrected chi connectivity index (χ3v) is 10.2. The van der Waals surface area contributed by atoms with E-state index in [4.69, 9.17) is 36.6 Å². The van der Waals surface area contributed by atoms with Gasteiger partial charge < -0.3 is 65.1 Å². The number of aliphatic hydroxyl groups is 6. The van der Waals surface area contributed by atoms with E-state index in [1.807, 2.05) is 0 Å². The molecular formula is C19H32N6O14P2S. The first-order valence-electron chi connectivity index (χ1n) is 12.2. The largest absolute Gasteiger partial charge is 0.481 e. The van der Waals surface area contributed by atoms with Crippen LogP contribution in [0.5, 0.6) is 0 Å². The second-order valence-corrected chi connectivity index (χ2v) is 14.1. The van der Waals surface area contributed by atoms with Crippen LogP contribution in [0, 0.1) is 0 Å². The molecule has 2 fully saturated rings. The minimum Gasteiger partial charge on any atom is -0.394 e. The molecule has 4 heterocycles. The Bertz CT molecular complexity index is 1340. The number of likely N-dealkylation sites (N-methyl/N-ethyl adjacent to an activating group) is 1. The second kappa shape index (κ2) is 13.0. The summed E-state index contributed by atoms with van der Waals surface area (Å²) < 4.78 is 39.4.